The molecule has 1 nitrogen and oxygen atoms in total. The number of benzene rings is 1. The maximum absolute atomic E-state index is 5.93. The first-order valence-electron chi connectivity index (χ1n) is 3.85. The van der Waals surface area contributed by atoms with Crippen LogP contribution in [0.5, 0.6) is 5.75 Å². The predicted molar refractivity (Wildman–Crippen MR) is 52.6 cm³/mol. The molecule has 1 aromatic rings. The second-order valence-electron chi connectivity index (χ2n) is 2.46. The second kappa shape index (κ2) is 4.79. The van der Waals surface area contributed by atoms with Crippen LogP contribution in [0.1, 0.15) is 13.3 Å². The molecule has 12 heavy (non-hydrogen) atoms. The Balaban J connectivity index is 2.72. The SMILES string of the molecule is CCCOc1ccc([As])cc1Cl. The van der Waals surface area contributed by atoms with Crippen molar-refractivity contribution in [3.63, 3.8) is 0 Å². The van der Waals surface area contributed by atoms with E-state index in [1.54, 1.807) is 0 Å². The fourth-order valence-electron chi connectivity index (χ4n) is 0.819. The van der Waals surface area contributed by atoms with Crippen LogP contribution in [0.25, 0.3) is 0 Å². The third-order valence-corrected chi connectivity index (χ3v) is 2.26. The van der Waals surface area contributed by atoms with Gasteiger partial charge in [-0.3, -0.25) is 0 Å². The van der Waals surface area contributed by atoms with Crippen LogP contribution < -0.4 is 9.09 Å². The number of halogens is 1. The van der Waals surface area contributed by atoms with E-state index in [1.165, 1.54) is 0 Å². The summed E-state index contributed by atoms with van der Waals surface area (Å²) in [5.41, 5.74) is 0. The third-order valence-electron chi connectivity index (χ3n) is 1.38. The molecule has 0 saturated heterocycles. The van der Waals surface area contributed by atoms with Crippen molar-refractivity contribution in [2.24, 2.45) is 0 Å². The van der Waals surface area contributed by atoms with Gasteiger partial charge in [0.1, 0.15) is 0 Å². The monoisotopic (exact) mass is 244 g/mol. The van der Waals surface area contributed by atoms with E-state index in [4.69, 9.17) is 16.3 Å². The molecule has 0 spiro atoms. The van der Waals surface area contributed by atoms with Gasteiger partial charge in [0.05, 0.1) is 0 Å². The molecule has 0 bridgehead atoms. The van der Waals surface area contributed by atoms with Gasteiger partial charge in [0.2, 0.25) is 0 Å². The van der Waals surface area contributed by atoms with Crippen molar-refractivity contribution in [3.8, 4) is 5.75 Å². The number of hydrogen-bond acceptors (Lipinski definition) is 1. The second-order valence-corrected chi connectivity index (χ2v) is 3.95. The van der Waals surface area contributed by atoms with E-state index in [-0.39, 0.29) is 0 Å². The summed E-state index contributed by atoms with van der Waals surface area (Å²) in [5, 5.41) is 0.682. The normalized spacial score (nSPS) is 9.92. The van der Waals surface area contributed by atoms with Crippen LogP contribution in [0.4, 0.5) is 0 Å². The molecule has 0 fully saturated rings. The molecule has 0 heterocycles. The fraction of sp³-hybridized carbons (Fsp3) is 0.333. The summed E-state index contributed by atoms with van der Waals surface area (Å²) in [6.45, 7) is 2.79. The fourth-order valence-corrected chi connectivity index (χ4v) is 1.65. The summed E-state index contributed by atoms with van der Waals surface area (Å²) in [6, 6.07) is 5.75. The Morgan fingerprint density at radius 1 is 1.50 bits per heavy atom. The molecular weight excluding hydrogens is 234 g/mol. The summed E-state index contributed by atoms with van der Waals surface area (Å²) in [7, 11) is 0. The molecule has 0 aromatic heterocycles. The molecule has 1 aromatic carbocycles. The first-order valence-corrected chi connectivity index (χ1v) is 5.17. The van der Waals surface area contributed by atoms with Crippen molar-refractivity contribution >= 4 is 32.8 Å². The molecule has 3 heteroatoms. The minimum absolute atomic E-state index is 0.682. The van der Waals surface area contributed by atoms with Gasteiger partial charge < -0.3 is 0 Å². The van der Waals surface area contributed by atoms with Crippen molar-refractivity contribution < 1.29 is 4.74 Å². The number of hydrogen-bond donors (Lipinski definition) is 0. The molecule has 0 amide bonds. The van der Waals surface area contributed by atoms with Crippen LogP contribution in [0.15, 0.2) is 18.2 Å². The Morgan fingerprint density at radius 2 is 2.25 bits per heavy atom. The summed E-state index contributed by atoms with van der Waals surface area (Å²) in [4.78, 5) is 0. The molecule has 0 atom stereocenters. The molecular formula is C9H10AsClO. The van der Waals surface area contributed by atoms with Gasteiger partial charge in [0.25, 0.3) is 0 Å². The molecule has 0 N–H and O–H groups in total. The Hall–Kier alpha value is -0.132. The van der Waals surface area contributed by atoms with Crippen molar-refractivity contribution in [1.29, 1.82) is 0 Å². The van der Waals surface area contributed by atoms with Gasteiger partial charge >= 0.3 is 86.5 Å². The predicted octanol–water partition coefficient (Wildman–Crippen LogP) is 1.92. The quantitative estimate of drug-likeness (QED) is 0.738. The first kappa shape index (κ1) is 9.95. The van der Waals surface area contributed by atoms with Crippen LogP contribution in [0.2, 0.25) is 5.02 Å². The van der Waals surface area contributed by atoms with Crippen molar-refractivity contribution in [3.05, 3.63) is 23.2 Å². The zero-order valence-corrected chi connectivity index (χ0v) is 9.51. The van der Waals surface area contributed by atoms with Gasteiger partial charge in [-0.1, -0.05) is 0 Å². The van der Waals surface area contributed by atoms with Crippen LogP contribution in [0, 0.1) is 0 Å². The molecule has 1 rings (SSSR count). The van der Waals surface area contributed by atoms with E-state index in [0.717, 1.165) is 23.1 Å². The van der Waals surface area contributed by atoms with Crippen LogP contribution in [-0.4, -0.2) is 23.5 Å². The van der Waals surface area contributed by atoms with E-state index in [2.05, 4.69) is 23.8 Å². The maximum atomic E-state index is 5.93. The van der Waals surface area contributed by atoms with Crippen molar-refractivity contribution in [1.82, 2.24) is 0 Å². The van der Waals surface area contributed by atoms with Gasteiger partial charge in [0, 0.05) is 0 Å². The Labute approximate surface area is 86.6 Å². The van der Waals surface area contributed by atoms with Crippen LogP contribution >= 0.6 is 11.6 Å². The van der Waals surface area contributed by atoms with E-state index in [0.29, 0.717) is 5.02 Å². The molecule has 0 aliphatic rings. The summed E-state index contributed by atoms with van der Waals surface area (Å²) in [6.07, 6.45) is 1.00. The average Bonchev–Trinajstić information content (AvgIpc) is 2.03. The molecule has 0 aliphatic heterocycles. The molecule has 0 unspecified atom stereocenters. The number of rotatable bonds is 3. The van der Waals surface area contributed by atoms with Crippen molar-refractivity contribution in [2.45, 2.75) is 13.3 Å². The van der Waals surface area contributed by atoms with Gasteiger partial charge in [-0.2, -0.15) is 0 Å². The molecule has 64 valence electrons. The van der Waals surface area contributed by atoms with Gasteiger partial charge in [-0.25, -0.2) is 0 Å². The van der Waals surface area contributed by atoms with Crippen LogP contribution in [-0.2, 0) is 0 Å². The Morgan fingerprint density at radius 3 is 2.83 bits per heavy atom. The van der Waals surface area contributed by atoms with Gasteiger partial charge in [-0.15, -0.1) is 0 Å². The Bertz CT molecular complexity index is 263. The minimum atomic E-state index is 0.682. The molecule has 0 saturated carbocycles. The zero-order chi connectivity index (χ0) is 8.97. The summed E-state index contributed by atoms with van der Waals surface area (Å²) >= 11 is 8.38. The Kier molecular flexibility index (Phi) is 3.97. The summed E-state index contributed by atoms with van der Waals surface area (Å²) in [5.74, 6) is 0.772. The van der Waals surface area contributed by atoms with E-state index in [1.807, 2.05) is 18.2 Å². The van der Waals surface area contributed by atoms with Crippen LogP contribution in [0.3, 0.4) is 0 Å². The third kappa shape index (κ3) is 2.73. The molecule has 2 radical (unpaired) electrons. The van der Waals surface area contributed by atoms with Gasteiger partial charge in [0.15, 0.2) is 0 Å². The van der Waals surface area contributed by atoms with Crippen molar-refractivity contribution in [2.75, 3.05) is 6.61 Å². The average molecular weight is 245 g/mol. The van der Waals surface area contributed by atoms with Gasteiger partial charge in [-0.05, 0) is 0 Å². The topological polar surface area (TPSA) is 9.23 Å². The standard InChI is InChI=1S/C9H10AsClO/c1-2-5-12-9-4-3-7(10)6-8(9)11/h3-4,6H,2,5H2,1H3. The molecule has 0 aliphatic carbocycles. The van der Waals surface area contributed by atoms with E-state index < -0.39 is 0 Å². The summed E-state index contributed by atoms with van der Waals surface area (Å²) < 4.78 is 6.50. The first-order chi connectivity index (χ1) is 5.74. The van der Waals surface area contributed by atoms with E-state index >= 15 is 0 Å². The van der Waals surface area contributed by atoms with E-state index in [9.17, 15) is 0 Å². The number of ether oxygens (including phenoxy) is 1. The zero-order valence-electron chi connectivity index (χ0n) is 6.88.